The average Bonchev–Trinajstić information content (AvgIpc) is 3.23. The van der Waals surface area contributed by atoms with Crippen LogP contribution < -0.4 is 5.32 Å². The number of benzene rings is 1. The van der Waals surface area contributed by atoms with Crippen molar-refractivity contribution >= 4 is 34.1 Å². The van der Waals surface area contributed by atoms with E-state index in [2.05, 4.69) is 22.4 Å². The van der Waals surface area contributed by atoms with E-state index in [4.69, 9.17) is 4.42 Å². The standard InChI is InChI=1S/C16H14FN3O2S2/c1-2-9-23-16-20-19-15(24-16)18-14(21)13-8-7-12(22-13)10-5-3-4-6-11(10)17/h3-8H,2,9H2,1H3,(H,18,19,21). The largest absolute Gasteiger partial charge is 0.451 e. The summed E-state index contributed by atoms with van der Waals surface area (Å²) in [5, 5.41) is 11.0. The van der Waals surface area contributed by atoms with E-state index in [9.17, 15) is 9.18 Å². The van der Waals surface area contributed by atoms with Crippen LogP contribution in [0.1, 0.15) is 23.9 Å². The number of anilines is 1. The van der Waals surface area contributed by atoms with Gasteiger partial charge in [0.2, 0.25) is 5.13 Å². The molecule has 8 heteroatoms. The highest BCUT2D eigenvalue weighted by Gasteiger charge is 2.16. The Labute approximate surface area is 146 Å². The van der Waals surface area contributed by atoms with Crippen molar-refractivity contribution in [2.75, 3.05) is 11.1 Å². The minimum atomic E-state index is -0.444. The van der Waals surface area contributed by atoms with Gasteiger partial charge in [-0.2, -0.15) is 0 Å². The molecule has 2 heterocycles. The number of nitrogens with zero attached hydrogens (tertiary/aromatic N) is 2. The molecule has 0 aliphatic heterocycles. The number of carbonyl (C=O) groups excluding carboxylic acids is 1. The fourth-order valence-electron chi connectivity index (χ4n) is 1.93. The van der Waals surface area contributed by atoms with Crippen molar-refractivity contribution in [3.8, 4) is 11.3 Å². The van der Waals surface area contributed by atoms with Crippen molar-refractivity contribution in [3.63, 3.8) is 0 Å². The first-order valence-corrected chi connectivity index (χ1v) is 9.10. The maximum Gasteiger partial charge on any atom is 0.293 e. The average molecular weight is 363 g/mol. The second-order valence-electron chi connectivity index (χ2n) is 4.82. The van der Waals surface area contributed by atoms with E-state index in [0.29, 0.717) is 16.5 Å². The lowest BCUT2D eigenvalue weighted by Crippen LogP contribution is -2.10. The van der Waals surface area contributed by atoms with Crippen molar-refractivity contribution in [1.82, 2.24) is 10.2 Å². The second-order valence-corrected chi connectivity index (χ2v) is 7.14. The number of nitrogens with one attached hydrogen (secondary N) is 1. The van der Waals surface area contributed by atoms with Crippen LogP contribution in [0, 0.1) is 5.82 Å². The third kappa shape index (κ3) is 3.82. The number of thioether (sulfide) groups is 1. The lowest BCUT2D eigenvalue weighted by Gasteiger charge is -1.99. The Morgan fingerprint density at radius 2 is 2.12 bits per heavy atom. The number of furan rings is 1. The summed E-state index contributed by atoms with van der Waals surface area (Å²) in [6.45, 7) is 2.08. The minimum absolute atomic E-state index is 0.0891. The van der Waals surface area contributed by atoms with E-state index < -0.39 is 11.7 Å². The van der Waals surface area contributed by atoms with Crippen LogP contribution in [-0.4, -0.2) is 21.9 Å². The minimum Gasteiger partial charge on any atom is -0.451 e. The Morgan fingerprint density at radius 1 is 1.29 bits per heavy atom. The fourth-order valence-corrected chi connectivity index (χ4v) is 3.60. The predicted octanol–water partition coefficient (Wildman–Crippen LogP) is 4.69. The molecule has 3 aromatic rings. The van der Waals surface area contributed by atoms with Crippen molar-refractivity contribution in [3.05, 3.63) is 48.0 Å². The molecule has 0 saturated heterocycles. The Balaban J connectivity index is 1.70. The molecule has 0 aliphatic rings. The number of carbonyl (C=O) groups is 1. The quantitative estimate of drug-likeness (QED) is 0.508. The number of aromatic nitrogens is 2. The first kappa shape index (κ1) is 16.7. The summed E-state index contributed by atoms with van der Waals surface area (Å²) in [4.78, 5) is 12.2. The zero-order chi connectivity index (χ0) is 16.9. The highest BCUT2D eigenvalue weighted by molar-refractivity contribution is 8.01. The summed E-state index contributed by atoms with van der Waals surface area (Å²) >= 11 is 2.90. The van der Waals surface area contributed by atoms with Crippen LogP contribution >= 0.6 is 23.1 Å². The van der Waals surface area contributed by atoms with Gasteiger partial charge in [-0.15, -0.1) is 10.2 Å². The molecule has 0 saturated carbocycles. The van der Waals surface area contributed by atoms with Gasteiger partial charge < -0.3 is 4.42 Å². The van der Waals surface area contributed by atoms with Crippen molar-refractivity contribution in [2.45, 2.75) is 17.7 Å². The predicted molar refractivity (Wildman–Crippen MR) is 93.0 cm³/mol. The van der Waals surface area contributed by atoms with Crippen molar-refractivity contribution in [1.29, 1.82) is 0 Å². The summed E-state index contributed by atoms with van der Waals surface area (Å²) in [5.41, 5.74) is 0.311. The molecule has 3 rings (SSSR count). The monoisotopic (exact) mass is 363 g/mol. The highest BCUT2D eigenvalue weighted by Crippen LogP contribution is 2.27. The first-order chi connectivity index (χ1) is 11.7. The van der Waals surface area contributed by atoms with Gasteiger partial charge in [0.05, 0.1) is 5.56 Å². The molecule has 0 radical (unpaired) electrons. The molecule has 1 aromatic carbocycles. The summed E-state index contributed by atoms with van der Waals surface area (Å²) in [6.07, 6.45) is 1.04. The fraction of sp³-hybridized carbons (Fsp3) is 0.188. The Hall–Kier alpha value is -2.19. The van der Waals surface area contributed by atoms with Crippen LogP contribution in [0.3, 0.4) is 0 Å². The molecule has 1 N–H and O–H groups in total. The van der Waals surface area contributed by atoms with E-state index in [1.54, 1.807) is 36.0 Å². The summed E-state index contributed by atoms with van der Waals surface area (Å²) in [6, 6.07) is 9.31. The highest BCUT2D eigenvalue weighted by atomic mass is 32.2. The maximum atomic E-state index is 13.8. The maximum absolute atomic E-state index is 13.8. The number of rotatable bonds is 6. The topological polar surface area (TPSA) is 68.0 Å². The molecule has 0 fully saturated rings. The van der Waals surface area contributed by atoms with Crippen LogP contribution in [0.4, 0.5) is 9.52 Å². The summed E-state index contributed by atoms with van der Waals surface area (Å²) < 4.78 is 20.0. The SMILES string of the molecule is CCCSc1nnc(NC(=O)c2ccc(-c3ccccc3F)o2)s1. The zero-order valence-corrected chi connectivity index (χ0v) is 14.4. The molecule has 5 nitrogen and oxygen atoms in total. The van der Waals surface area contributed by atoms with Crippen LogP contribution in [0.15, 0.2) is 45.2 Å². The zero-order valence-electron chi connectivity index (χ0n) is 12.8. The molecule has 0 unspecified atom stereocenters. The van der Waals surface area contributed by atoms with Gasteiger partial charge in [-0.05, 0) is 30.7 Å². The first-order valence-electron chi connectivity index (χ1n) is 7.29. The summed E-state index contributed by atoms with van der Waals surface area (Å²) in [7, 11) is 0. The van der Waals surface area contributed by atoms with E-state index in [1.165, 1.54) is 23.5 Å². The van der Waals surface area contributed by atoms with Gasteiger partial charge in [0, 0.05) is 5.75 Å². The van der Waals surface area contributed by atoms with Crippen LogP contribution in [0.2, 0.25) is 0 Å². The molecular weight excluding hydrogens is 349 g/mol. The van der Waals surface area contributed by atoms with Gasteiger partial charge in [0.15, 0.2) is 10.1 Å². The van der Waals surface area contributed by atoms with Gasteiger partial charge >= 0.3 is 0 Å². The van der Waals surface area contributed by atoms with E-state index in [0.717, 1.165) is 16.5 Å². The lowest BCUT2D eigenvalue weighted by atomic mass is 10.1. The molecule has 0 bridgehead atoms. The molecule has 0 spiro atoms. The van der Waals surface area contributed by atoms with Crippen LogP contribution in [-0.2, 0) is 0 Å². The van der Waals surface area contributed by atoms with Gasteiger partial charge in [0.1, 0.15) is 11.6 Å². The molecule has 0 atom stereocenters. The van der Waals surface area contributed by atoms with E-state index in [-0.39, 0.29) is 5.76 Å². The van der Waals surface area contributed by atoms with Crippen molar-refractivity contribution in [2.24, 2.45) is 0 Å². The van der Waals surface area contributed by atoms with Crippen LogP contribution in [0.25, 0.3) is 11.3 Å². The molecular formula is C16H14FN3O2S2. The molecule has 1 amide bonds. The Morgan fingerprint density at radius 3 is 2.92 bits per heavy atom. The number of hydrogen-bond donors (Lipinski definition) is 1. The van der Waals surface area contributed by atoms with E-state index >= 15 is 0 Å². The molecule has 2 aromatic heterocycles. The Bertz CT molecular complexity index is 847. The van der Waals surface area contributed by atoms with E-state index in [1.807, 2.05) is 0 Å². The number of amides is 1. The van der Waals surface area contributed by atoms with Gasteiger partial charge in [0.25, 0.3) is 5.91 Å². The molecule has 24 heavy (non-hydrogen) atoms. The summed E-state index contributed by atoms with van der Waals surface area (Å²) in [5.74, 6) is 0.495. The van der Waals surface area contributed by atoms with Gasteiger partial charge in [-0.1, -0.05) is 42.2 Å². The molecule has 124 valence electrons. The van der Waals surface area contributed by atoms with Crippen LogP contribution in [0.5, 0.6) is 0 Å². The third-order valence-electron chi connectivity index (χ3n) is 3.03. The smallest absolute Gasteiger partial charge is 0.293 e. The lowest BCUT2D eigenvalue weighted by molar-refractivity contribution is 0.0997. The second kappa shape index (κ2) is 7.59. The van der Waals surface area contributed by atoms with Crippen molar-refractivity contribution < 1.29 is 13.6 Å². The normalized spacial score (nSPS) is 10.8. The molecule has 0 aliphatic carbocycles. The van der Waals surface area contributed by atoms with Gasteiger partial charge in [-0.25, -0.2) is 4.39 Å². The Kier molecular flexibility index (Phi) is 5.27. The number of halogens is 1. The third-order valence-corrected chi connectivity index (χ3v) is 5.20. The van der Waals surface area contributed by atoms with Gasteiger partial charge in [-0.3, -0.25) is 10.1 Å². The number of hydrogen-bond acceptors (Lipinski definition) is 6.